The molecule has 0 bridgehead atoms. The zero-order chi connectivity index (χ0) is 17.1. The monoisotopic (exact) mass is 350 g/mol. The smallest absolute Gasteiger partial charge is 0.314 e. The minimum atomic E-state index is -0.394. The minimum absolute atomic E-state index is 0.00691. The largest absolute Gasteiger partial charge is 0.367 e. The number of piperidine rings is 1. The number of likely N-dealkylation sites (tertiary alicyclic amines) is 1. The Labute approximate surface area is 147 Å². The van der Waals surface area contributed by atoms with Crippen LogP contribution in [-0.2, 0) is 4.79 Å². The number of rotatable bonds is 2. The van der Waals surface area contributed by atoms with Crippen LogP contribution in [-0.4, -0.2) is 61.0 Å². The van der Waals surface area contributed by atoms with Gasteiger partial charge >= 0.3 is 6.03 Å². The van der Waals surface area contributed by atoms with Crippen LogP contribution in [0.3, 0.4) is 0 Å². The molecule has 0 atom stereocenters. The number of piperazine rings is 1. The quantitative estimate of drug-likeness (QED) is 0.883. The highest BCUT2D eigenvalue weighted by Gasteiger charge is 2.31. The zero-order valence-corrected chi connectivity index (χ0v) is 14.4. The number of nitrogens with two attached hydrogens (primary N) is 1. The molecule has 3 amide bonds. The number of amides is 3. The number of carbonyl (C=O) groups is 2. The summed E-state index contributed by atoms with van der Waals surface area (Å²) < 4.78 is 0. The van der Waals surface area contributed by atoms with Crippen LogP contribution >= 0.6 is 11.6 Å². The van der Waals surface area contributed by atoms with Crippen LogP contribution in [0.2, 0.25) is 5.02 Å². The van der Waals surface area contributed by atoms with Crippen LogP contribution in [0.25, 0.3) is 0 Å². The van der Waals surface area contributed by atoms with E-state index in [1.165, 1.54) is 0 Å². The van der Waals surface area contributed by atoms with Crippen molar-refractivity contribution >= 4 is 29.2 Å². The molecule has 6 nitrogen and oxygen atoms in total. The molecule has 0 saturated carbocycles. The lowest BCUT2D eigenvalue weighted by Crippen LogP contribution is -2.52. The van der Waals surface area contributed by atoms with Gasteiger partial charge in [-0.15, -0.1) is 0 Å². The van der Waals surface area contributed by atoms with Crippen LogP contribution < -0.4 is 10.6 Å². The summed E-state index contributed by atoms with van der Waals surface area (Å²) >= 11 is 6.25. The van der Waals surface area contributed by atoms with E-state index in [1.54, 1.807) is 4.90 Å². The number of benzene rings is 1. The molecule has 0 aromatic heterocycles. The summed E-state index contributed by atoms with van der Waals surface area (Å²) in [5.41, 5.74) is 6.32. The van der Waals surface area contributed by atoms with E-state index in [0.717, 1.165) is 23.8 Å². The van der Waals surface area contributed by atoms with Crippen LogP contribution in [0, 0.1) is 5.92 Å². The van der Waals surface area contributed by atoms with Gasteiger partial charge in [0, 0.05) is 45.2 Å². The molecule has 0 aliphatic carbocycles. The molecule has 2 N–H and O–H groups in total. The van der Waals surface area contributed by atoms with Gasteiger partial charge in [0.2, 0.25) is 5.91 Å². The third-order valence-corrected chi connectivity index (χ3v) is 5.26. The summed E-state index contributed by atoms with van der Waals surface area (Å²) in [6.07, 6.45) is 1.40. The van der Waals surface area contributed by atoms with Crippen molar-refractivity contribution in [2.24, 2.45) is 11.7 Å². The Morgan fingerprint density at radius 1 is 0.958 bits per heavy atom. The SMILES string of the molecule is NC(=O)N1CCC(C(=O)N2CCN(c3ccccc3Cl)CC2)CC1. The third kappa shape index (κ3) is 3.59. The molecule has 2 aliphatic heterocycles. The van der Waals surface area contributed by atoms with E-state index in [0.29, 0.717) is 39.0 Å². The number of nitrogens with zero attached hydrogens (tertiary/aromatic N) is 3. The molecule has 2 aliphatic rings. The maximum Gasteiger partial charge on any atom is 0.314 e. The van der Waals surface area contributed by atoms with Crippen LogP contribution in [0.5, 0.6) is 0 Å². The highest BCUT2D eigenvalue weighted by Crippen LogP contribution is 2.27. The number of anilines is 1. The highest BCUT2D eigenvalue weighted by atomic mass is 35.5. The molecule has 1 aromatic rings. The van der Waals surface area contributed by atoms with E-state index < -0.39 is 6.03 Å². The van der Waals surface area contributed by atoms with Gasteiger partial charge < -0.3 is 20.4 Å². The Morgan fingerprint density at radius 3 is 2.17 bits per heavy atom. The van der Waals surface area contributed by atoms with Gasteiger partial charge in [-0.1, -0.05) is 23.7 Å². The van der Waals surface area contributed by atoms with Crippen molar-refractivity contribution in [2.45, 2.75) is 12.8 Å². The summed E-state index contributed by atoms with van der Waals surface area (Å²) in [6.45, 7) is 4.14. The van der Waals surface area contributed by atoms with Crippen molar-refractivity contribution in [3.8, 4) is 0 Å². The van der Waals surface area contributed by atoms with Gasteiger partial charge in [-0.2, -0.15) is 0 Å². The summed E-state index contributed by atoms with van der Waals surface area (Å²) in [5, 5.41) is 0.746. The first kappa shape index (κ1) is 16.9. The van der Waals surface area contributed by atoms with Crippen molar-refractivity contribution in [3.63, 3.8) is 0 Å². The Bertz CT molecular complexity index is 608. The Balaban J connectivity index is 1.52. The van der Waals surface area contributed by atoms with E-state index in [2.05, 4.69) is 4.90 Å². The van der Waals surface area contributed by atoms with Crippen molar-refractivity contribution in [1.82, 2.24) is 9.80 Å². The number of para-hydroxylation sites is 1. The van der Waals surface area contributed by atoms with Crippen molar-refractivity contribution < 1.29 is 9.59 Å². The second kappa shape index (κ2) is 7.30. The molecule has 0 radical (unpaired) electrons. The lowest BCUT2D eigenvalue weighted by molar-refractivity contribution is -0.137. The number of hydrogen-bond acceptors (Lipinski definition) is 3. The second-order valence-corrected chi connectivity index (χ2v) is 6.77. The predicted molar refractivity (Wildman–Crippen MR) is 94.1 cm³/mol. The first-order valence-corrected chi connectivity index (χ1v) is 8.76. The number of carbonyl (C=O) groups excluding carboxylic acids is 2. The van der Waals surface area contributed by atoms with Gasteiger partial charge in [0.15, 0.2) is 0 Å². The molecule has 2 saturated heterocycles. The normalized spacial score (nSPS) is 19.5. The lowest BCUT2D eigenvalue weighted by Gasteiger charge is -2.39. The molecule has 130 valence electrons. The topological polar surface area (TPSA) is 69.9 Å². The standard InChI is InChI=1S/C17H23ClN4O2/c18-14-3-1-2-4-15(14)20-9-11-21(12-10-20)16(23)13-5-7-22(8-6-13)17(19)24/h1-4,13H,5-12H2,(H2,19,24). The molecule has 3 rings (SSSR count). The summed E-state index contributed by atoms with van der Waals surface area (Å²) in [5.74, 6) is 0.213. The van der Waals surface area contributed by atoms with Gasteiger partial charge in [-0.25, -0.2) is 4.79 Å². The summed E-state index contributed by atoms with van der Waals surface area (Å²) in [4.78, 5) is 29.6. The fourth-order valence-electron chi connectivity index (χ4n) is 3.48. The van der Waals surface area contributed by atoms with Gasteiger partial charge in [-0.05, 0) is 25.0 Å². The molecule has 1 aromatic carbocycles. The number of primary amides is 1. The highest BCUT2D eigenvalue weighted by molar-refractivity contribution is 6.33. The van der Waals surface area contributed by atoms with E-state index >= 15 is 0 Å². The first-order chi connectivity index (χ1) is 11.6. The van der Waals surface area contributed by atoms with E-state index in [1.807, 2.05) is 29.2 Å². The van der Waals surface area contributed by atoms with Crippen LogP contribution in [0.4, 0.5) is 10.5 Å². The summed E-state index contributed by atoms with van der Waals surface area (Å²) in [7, 11) is 0. The molecule has 7 heteroatoms. The van der Waals surface area contributed by atoms with Gasteiger partial charge in [-0.3, -0.25) is 4.79 Å². The van der Waals surface area contributed by atoms with E-state index in [9.17, 15) is 9.59 Å². The van der Waals surface area contributed by atoms with Crippen LogP contribution in [0.15, 0.2) is 24.3 Å². The first-order valence-electron chi connectivity index (χ1n) is 8.39. The average Bonchev–Trinajstić information content (AvgIpc) is 2.62. The molecular formula is C17H23ClN4O2. The molecule has 0 unspecified atom stereocenters. The predicted octanol–water partition coefficient (Wildman–Crippen LogP) is 1.78. The van der Waals surface area contributed by atoms with Gasteiger partial charge in [0.05, 0.1) is 10.7 Å². The molecular weight excluding hydrogens is 328 g/mol. The third-order valence-electron chi connectivity index (χ3n) is 4.94. The molecule has 2 fully saturated rings. The lowest BCUT2D eigenvalue weighted by atomic mass is 9.95. The van der Waals surface area contributed by atoms with E-state index in [-0.39, 0.29) is 11.8 Å². The fraction of sp³-hybridized carbons (Fsp3) is 0.529. The minimum Gasteiger partial charge on any atom is -0.367 e. The Kier molecular flexibility index (Phi) is 5.14. The number of halogens is 1. The molecule has 0 spiro atoms. The molecule has 2 heterocycles. The molecule has 24 heavy (non-hydrogen) atoms. The Hall–Kier alpha value is -1.95. The van der Waals surface area contributed by atoms with Crippen molar-refractivity contribution in [3.05, 3.63) is 29.3 Å². The van der Waals surface area contributed by atoms with Crippen LogP contribution in [0.1, 0.15) is 12.8 Å². The summed E-state index contributed by atoms with van der Waals surface area (Å²) in [6, 6.07) is 7.41. The fourth-order valence-corrected chi connectivity index (χ4v) is 3.74. The Morgan fingerprint density at radius 2 is 1.58 bits per heavy atom. The number of hydrogen-bond donors (Lipinski definition) is 1. The van der Waals surface area contributed by atoms with Crippen molar-refractivity contribution in [2.75, 3.05) is 44.2 Å². The van der Waals surface area contributed by atoms with Gasteiger partial charge in [0.25, 0.3) is 0 Å². The second-order valence-electron chi connectivity index (χ2n) is 6.36. The maximum absolute atomic E-state index is 12.7. The van der Waals surface area contributed by atoms with E-state index in [4.69, 9.17) is 17.3 Å². The maximum atomic E-state index is 12.7. The average molecular weight is 351 g/mol. The zero-order valence-electron chi connectivity index (χ0n) is 13.7. The van der Waals surface area contributed by atoms with Crippen molar-refractivity contribution in [1.29, 1.82) is 0 Å². The number of urea groups is 1. The van der Waals surface area contributed by atoms with Gasteiger partial charge in [0.1, 0.15) is 0 Å².